The second-order valence-electron chi connectivity index (χ2n) is 7.89. The Balaban J connectivity index is 2.07. The number of rotatable bonds is 2. The molecule has 0 spiro atoms. The van der Waals surface area contributed by atoms with Crippen LogP contribution in [-0.4, -0.2) is 78.1 Å². The summed E-state index contributed by atoms with van der Waals surface area (Å²) in [7, 11) is 3.64. The third-order valence-corrected chi connectivity index (χ3v) is 4.76. The molecule has 0 aliphatic carbocycles. The standard InChI is InChI=1S/C17H31N3O3/c1-16(2,3)23-15(22)19-12-8-17(9-13-19,14(21)18(4)5)20-10-6-7-11-20/h6-13H2,1-5H3. The number of amides is 2. The zero-order valence-corrected chi connectivity index (χ0v) is 15.2. The number of nitrogens with zero attached hydrogens (tertiary/aromatic N) is 3. The maximum absolute atomic E-state index is 12.9. The average molecular weight is 325 g/mol. The van der Waals surface area contributed by atoms with Crippen molar-refractivity contribution in [3.8, 4) is 0 Å². The number of carbonyl (C=O) groups excluding carboxylic acids is 2. The Morgan fingerprint density at radius 1 is 1.00 bits per heavy atom. The summed E-state index contributed by atoms with van der Waals surface area (Å²) in [6, 6.07) is 0. The van der Waals surface area contributed by atoms with Gasteiger partial charge in [-0.3, -0.25) is 9.69 Å². The topological polar surface area (TPSA) is 53.1 Å². The van der Waals surface area contributed by atoms with E-state index in [4.69, 9.17) is 4.74 Å². The van der Waals surface area contributed by atoms with E-state index in [0.29, 0.717) is 25.9 Å². The molecule has 0 N–H and O–H groups in total. The van der Waals surface area contributed by atoms with E-state index in [2.05, 4.69) is 4.90 Å². The Kier molecular flexibility index (Phi) is 5.23. The van der Waals surface area contributed by atoms with E-state index in [1.54, 1.807) is 9.80 Å². The molecule has 2 amide bonds. The first-order valence-corrected chi connectivity index (χ1v) is 8.60. The van der Waals surface area contributed by atoms with Crippen molar-refractivity contribution in [2.75, 3.05) is 40.3 Å². The largest absolute Gasteiger partial charge is 0.444 e. The lowest BCUT2D eigenvalue weighted by Gasteiger charge is -2.47. The van der Waals surface area contributed by atoms with Crippen LogP contribution >= 0.6 is 0 Å². The van der Waals surface area contributed by atoms with Crippen LogP contribution in [0, 0.1) is 0 Å². The van der Waals surface area contributed by atoms with E-state index in [0.717, 1.165) is 25.9 Å². The number of likely N-dealkylation sites (tertiary alicyclic amines) is 2. The molecule has 0 saturated carbocycles. The quantitative estimate of drug-likeness (QED) is 0.778. The van der Waals surface area contributed by atoms with Crippen molar-refractivity contribution in [1.82, 2.24) is 14.7 Å². The number of hydrogen-bond donors (Lipinski definition) is 0. The molecule has 23 heavy (non-hydrogen) atoms. The summed E-state index contributed by atoms with van der Waals surface area (Å²) in [5.74, 6) is 0.170. The van der Waals surface area contributed by atoms with Crippen LogP contribution in [0.1, 0.15) is 46.5 Å². The highest BCUT2D eigenvalue weighted by molar-refractivity contribution is 5.86. The minimum Gasteiger partial charge on any atom is -0.444 e. The van der Waals surface area contributed by atoms with E-state index in [1.165, 1.54) is 0 Å². The Hall–Kier alpha value is -1.30. The van der Waals surface area contributed by atoms with Gasteiger partial charge in [0.2, 0.25) is 5.91 Å². The lowest BCUT2D eigenvalue weighted by molar-refractivity contribution is -0.145. The van der Waals surface area contributed by atoms with Crippen LogP contribution in [0.4, 0.5) is 4.79 Å². The molecule has 2 aliphatic rings. The number of ether oxygens (including phenoxy) is 1. The highest BCUT2D eigenvalue weighted by Gasteiger charge is 2.48. The van der Waals surface area contributed by atoms with Crippen molar-refractivity contribution in [2.24, 2.45) is 0 Å². The summed E-state index contributed by atoms with van der Waals surface area (Å²) < 4.78 is 5.46. The molecule has 132 valence electrons. The number of carbonyl (C=O) groups is 2. The fourth-order valence-corrected chi connectivity index (χ4v) is 3.61. The van der Waals surface area contributed by atoms with Gasteiger partial charge in [-0.2, -0.15) is 0 Å². The lowest BCUT2D eigenvalue weighted by Crippen LogP contribution is -2.62. The van der Waals surface area contributed by atoms with Gasteiger partial charge in [0.25, 0.3) is 0 Å². The molecule has 0 aromatic heterocycles. The van der Waals surface area contributed by atoms with Crippen molar-refractivity contribution >= 4 is 12.0 Å². The average Bonchev–Trinajstić information content (AvgIpc) is 2.99. The van der Waals surface area contributed by atoms with Gasteiger partial charge in [-0.05, 0) is 59.5 Å². The Labute approximate surface area is 139 Å². The van der Waals surface area contributed by atoms with Crippen LogP contribution in [-0.2, 0) is 9.53 Å². The SMILES string of the molecule is CN(C)C(=O)C1(N2CCCC2)CCN(C(=O)OC(C)(C)C)CC1. The first-order chi connectivity index (χ1) is 10.7. The van der Waals surface area contributed by atoms with Crippen molar-refractivity contribution in [1.29, 1.82) is 0 Å². The van der Waals surface area contributed by atoms with E-state index in [9.17, 15) is 9.59 Å². The predicted octanol–water partition coefficient (Wildman–Crippen LogP) is 1.94. The molecule has 0 atom stereocenters. The summed E-state index contributed by atoms with van der Waals surface area (Å²) in [6.07, 6.45) is 3.40. The smallest absolute Gasteiger partial charge is 0.410 e. The molecule has 6 heteroatoms. The van der Waals surface area contributed by atoms with Crippen molar-refractivity contribution in [3.05, 3.63) is 0 Å². The molecule has 6 nitrogen and oxygen atoms in total. The minimum atomic E-state index is -0.486. The highest BCUT2D eigenvalue weighted by Crippen LogP contribution is 2.34. The fourth-order valence-electron chi connectivity index (χ4n) is 3.61. The lowest BCUT2D eigenvalue weighted by atomic mass is 9.84. The van der Waals surface area contributed by atoms with Gasteiger partial charge in [0, 0.05) is 27.2 Å². The van der Waals surface area contributed by atoms with E-state index < -0.39 is 11.1 Å². The van der Waals surface area contributed by atoms with Gasteiger partial charge >= 0.3 is 6.09 Å². The zero-order chi connectivity index (χ0) is 17.3. The number of piperidine rings is 1. The Bertz CT molecular complexity index is 442. The second-order valence-corrected chi connectivity index (χ2v) is 7.89. The molecule has 0 bridgehead atoms. The van der Waals surface area contributed by atoms with Crippen molar-refractivity contribution in [2.45, 2.75) is 57.6 Å². The van der Waals surface area contributed by atoms with Gasteiger partial charge in [0.15, 0.2) is 0 Å². The molecule has 2 fully saturated rings. The molecule has 2 saturated heterocycles. The second kappa shape index (κ2) is 6.67. The van der Waals surface area contributed by atoms with E-state index in [1.807, 2.05) is 34.9 Å². The Morgan fingerprint density at radius 2 is 1.52 bits per heavy atom. The zero-order valence-electron chi connectivity index (χ0n) is 15.2. The third-order valence-electron chi connectivity index (χ3n) is 4.76. The first kappa shape index (κ1) is 18.0. The van der Waals surface area contributed by atoms with Crippen molar-refractivity contribution in [3.63, 3.8) is 0 Å². The monoisotopic (exact) mass is 325 g/mol. The maximum Gasteiger partial charge on any atom is 0.410 e. The van der Waals surface area contributed by atoms with Crippen molar-refractivity contribution < 1.29 is 14.3 Å². The van der Waals surface area contributed by atoms with Crippen LogP contribution in [0.5, 0.6) is 0 Å². The number of likely N-dealkylation sites (N-methyl/N-ethyl adjacent to an activating group) is 1. The first-order valence-electron chi connectivity index (χ1n) is 8.60. The van der Waals surface area contributed by atoms with Gasteiger partial charge < -0.3 is 14.5 Å². The minimum absolute atomic E-state index is 0.170. The fraction of sp³-hybridized carbons (Fsp3) is 0.882. The van der Waals surface area contributed by atoms with Gasteiger partial charge in [0.05, 0.1) is 0 Å². The maximum atomic E-state index is 12.9. The van der Waals surface area contributed by atoms with Gasteiger partial charge in [-0.15, -0.1) is 0 Å². The predicted molar refractivity (Wildman–Crippen MR) is 89.3 cm³/mol. The summed E-state index contributed by atoms with van der Waals surface area (Å²) in [4.78, 5) is 30.9. The molecular formula is C17H31N3O3. The van der Waals surface area contributed by atoms with E-state index in [-0.39, 0.29) is 12.0 Å². The summed E-state index contributed by atoms with van der Waals surface area (Å²) in [5.41, 5.74) is -0.932. The highest BCUT2D eigenvalue weighted by atomic mass is 16.6. The summed E-state index contributed by atoms with van der Waals surface area (Å²) in [5, 5.41) is 0. The molecule has 0 aromatic carbocycles. The molecule has 2 rings (SSSR count). The van der Waals surface area contributed by atoms with Crippen LogP contribution in [0.3, 0.4) is 0 Å². The van der Waals surface area contributed by atoms with Gasteiger partial charge in [0.1, 0.15) is 11.1 Å². The summed E-state index contributed by atoms with van der Waals surface area (Å²) >= 11 is 0. The van der Waals surface area contributed by atoms with E-state index >= 15 is 0 Å². The summed E-state index contributed by atoms with van der Waals surface area (Å²) in [6.45, 7) is 8.73. The molecule has 2 heterocycles. The van der Waals surface area contributed by atoms with Crippen LogP contribution in [0.25, 0.3) is 0 Å². The molecular weight excluding hydrogens is 294 g/mol. The molecule has 0 unspecified atom stereocenters. The molecule has 2 aliphatic heterocycles. The third kappa shape index (κ3) is 3.97. The normalized spacial score (nSPS) is 22.0. The molecule has 0 radical (unpaired) electrons. The van der Waals surface area contributed by atoms with Gasteiger partial charge in [-0.25, -0.2) is 4.79 Å². The van der Waals surface area contributed by atoms with Crippen LogP contribution < -0.4 is 0 Å². The number of hydrogen-bond acceptors (Lipinski definition) is 4. The van der Waals surface area contributed by atoms with Gasteiger partial charge in [-0.1, -0.05) is 0 Å². The van der Waals surface area contributed by atoms with Crippen LogP contribution in [0.2, 0.25) is 0 Å². The molecule has 0 aromatic rings. The Morgan fingerprint density at radius 3 is 1.96 bits per heavy atom. The van der Waals surface area contributed by atoms with Crippen LogP contribution in [0.15, 0.2) is 0 Å².